The smallest absolute Gasteiger partial charge is 0.252 e. The highest BCUT2D eigenvalue weighted by Crippen LogP contribution is 2.63. The lowest BCUT2D eigenvalue weighted by atomic mass is 9.47. The van der Waals surface area contributed by atoms with Crippen LogP contribution in [0.1, 0.15) is 63.6 Å². The molecule has 3 heterocycles. The largest absolute Gasteiger partial charge is 0.353 e. The first kappa shape index (κ1) is 21.0. The van der Waals surface area contributed by atoms with Gasteiger partial charge in [-0.25, -0.2) is 4.98 Å². The predicted molar refractivity (Wildman–Crippen MR) is 133 cm³/mol. The minimum Gasteiger partial charge on any atom is -0.353 e. The molecular formula is C27H30BrN5O. The first-order valence-corrected chi connectivity index (χ1v) is 13.5. The quantitative estimate of drug-likeness (QED) is 0.486. The maximum atomic E-state index is 12.1. The van der Waals surface area contributed by atoms with E-state index in [0.29, 0.717) is 36.0 Å². The SMILES string of the molecule is C[C@]12CCC(=O)N[C@@H]1CC[C@@H]1[C@@H]2CC[C@]2(C)c3nc4ncnn4c(-c4ccc(Br)cc4)c3C[C@@H]12. The first-order valence-electron chi connectivity index (χ1n) is 12.7. The van der Waals surface area contributed by atoms with Gasteiger partial charge in [0.2, 0.25) is 5.91 Å². The molecule has 0 spiro atoms. The molecule has 176 valence electrons. The van der Waals surface area contributed by atoms with Crippen LogP contribution in [0, 0.1) is 23.2 Å². The molecule has 3 aromatic rings. The number of fused-ring (bicyclic) bond motifs is 8. The van der Waals surface area contributed by atoms with Crippen molar-refractivity contribution in [3.05, 3.63) is 46.3 Å². The Labute approximate surface area is 208 Å². The van der Waals surface area contributed by atoms with Crippen molar-refractivity contribution in [1.82, 2.24) is 24.9 Å². The van der Waals surface area contributed by atoms with Gasteiger partial charge in [0.15, 0.2) is 0 Å². The molecule has 1 N–H and O–H groups in total. The van der Waals surface area contributed by atoms with Gasteiger partial charge < -0.3 is 5.32 Å². The second-order valence-corrected chi connectivity index (χ2v) is 12.4. The van der Waals surface area contributed by atoms with Gasteiger partial charge in [0, 0.05) is 33.5 Å². The number of aromatic nitrogens is 4. The summed E-state index contributed by atoms with van der Waals surface area (Å²) in [6.07, 6.45) is 9.04. The van der Waals surface area contributed by atoms with E-state index < -0.39 is 0 Å². The van der Waals surface area contributed by atoms with Crippen molar-refractivity contribution in [3.63, 3.8) is 0 Å². The minimum atomic E-state index is 0.0649. The molecule has 6 nitrogen and oxygen atoms in total. The maximum absolute atomic E-state index is 12.1. The average Bonchev–Trinajstić information content (AvgIpc) is 3.41. The van der Waals surface area contributed by atoms with Crippen LogP contribution in [-0.4, -0.2) is 31.5 Å². The van der Waals surface area contributed by atoms with E-state index in [-0.39, 0.29) is 16.7 Å². The van der Waals surface area contributed by atoms with Crippen LogP contribution in [0.15, 0.2) is 35.1 Å². The monoisotopic (exact) mass is 519 g/mol. The summed E-state index contributed by atoms with van der Waals surface area (Å²) in [5, 5.41) is 7.94. The van der Waals surface area contributed by atoms with E-state index in [0.717, 1.165) is 35.8 Å². The number of hydrogen-bond acceptors (Lipinski definition) is 4. The van der Waals surface area contributed by atoms with E-state index in [1.165, 1.54) is 29.7 Å². The van der Waals surface area contributed by atoms with Crippen LogP contribution in [0.4, 0.5) is 0 Å². The van der Waals surface area contributed by atoms with Crippen LogP contribution in [0.3, 0.4) is 0 Å². The Kier molecular flexibility index (Phi) is 4.41. The van der Waals surface area contributed by atoms with E-state index in [1.807, 2.05) is 4.52 Å². The molecule has 3 aliphatic carbocycles. The highest BCUT2D eigenvalue weighted by atomic mass is 79.9. The summed E-state index contributed by atoms with van der Waals surface area (Å²) in [6.45, 7) is 4.92. The van der Waals surface area contributed by atoms with Gasteiger partial charge in [-0.2, -0.15) is 14.6 Å². The van der Waals surface area contributed by atoms with Crippen LogP contribution in [0.5, 0.6) is 0 Å². The molecule has 1 saturated heterocycles. The molecule has 6 atom stereocenters. The van der Waals surface area contributed by atoms with Crippen LogP contribution < -0.4 is 5.32 Å². The Balaban J connectivity index is 1.34. The highest BCUT2D eigenvalue weighted by Gasteiger charge is 2.60. The summed E-state index contributed by atoms with van der Waals surface area (Å²) < 4.78 is 3.01. The molecule has 0 unspecified atom stereocenters. The standard InChI is InChI=1S/C27H30BrN5O/c1-26-12-10-22(34)31-21(26)8-7-17-19(26)9-11-27(2)20(17)13-18-23(15-3-5-16(28)6-4-15)33-25(29-14-30-33)32-24(18)27/h3-6,14,17,19-21H,7-13H2,1-2H3,(H,31,34)/t17-,19+,20+,21-,26-,27+/m1/s1. The van der Waals surface area contributed by atoms with E-state index >= 15 is 0 Å². The normalized spacial score (nSPS) is 36.4. The summed E-state index contributed by atoms with van der Waals surface area (Å²) in [6, 6.07) is 8.89. The molecule has 3 fully saturated rings. The molecule has 4 aliphatic rings. The zero-order chi connectivity index (χ0) is 23.2. The second-order valence-electron chi connectivity index (χ2n) is 11.5. The number of rotatable bonds is 1. The van der Waals surface area contributed by atoms with Gasteiger partial charge in [-0.15, -0.1) is 0 Å². The zero-order valence-electron chi connectivity index (χ0n) is 19.7. The van der Waals surface area contributed by atoms with E-state index in [1.54, 1.807) is 6.33 Å². The molecule has 7 heteroatoms. The third kappa shape index (κ3) is 2.73. The number of hydrogen-bond donors (Lipinski definition) is 1. The van der Waals surface area contributed by atoms with Crippen molar-refractivity contribution in [1.29, 1.82) is 0 Å². The fourth-order valence-electron chi connectivity index (χ4n) is 8.36. The second kappa shape index (κ2) is 7.12. The van der Waals surface area contributed by atoms with Crippen LogP contribution >= 0.6 is 15.9 Å². The zero-order valence-corrected chi connectivity index (χ0v) is 21.3. The Morgan fingerprint density at radius 3 is 2.74 bits per heavy atom. The van der Waals surface area contributed by atoms with Crippen molar-refractivity contribution in [2.75, 3.05) is 0 Å². The predicted octanol–water partition coefficient (Wildman–Crippen LogP) is 5.09. The number of carbonyl (C=O) groups is 1. The Hall–Kier alpha value is -2.28. The molecule has 34 heavy (non-hydrogen) atoms. The number of benzene rings is 1. The van der Waals surface area contributed by atoms with Crippen LogP contribution in [0.25, 0.3) is 17.0 Å². The topological polar surface area (TPSA) is 72.2 Å². The summed E-state index contributed by atoms with van der Waals surface area (Å²) in [5.41, 5.74) is 5.21. The number of nitrogens with zero attached hydrogens (tertiary/aromatic N) is 4. The molecule has 7 rings (SSSR count). The summed E-state index contributed by atoms with van der Waals surface area (Å²) in [4.78, 5) is 21.8. The summed E-state index contributed by atoms with van der Waals surface area (Å²) in [5.74, 6) is 2.85. The maximum Gasteiger partial charge on any atom is 0.252 e. The summed E-state index contributed by atoms with van der Waals surface area (Å²) in [7, 11) is 0. The van der Waals surface area contributed by atoms with Gasteiger partial charge in [0.1, 0.15) is 6.33 Å². The van der Waals surface area contributed by atoms with Gasteiger partial charge in [-0.1, -0.05) is 41.9 Å². The highest BCUT2D eigenvalue weighted by molar-refractivity contribution is 9.10. The van der Waals surface area contributed by atoms with Crippen LogP contribution in [-0.2, 0) is 16.6 Å². The molecule has 0 radical (unpaired) electrons. The van der Waals surface area contributed by atoms with Crippen molar-refractivity contribution >= 4 is 27.6 Å². The van der Waals surface area contributed by atoms with E-state index in [2.05, 4.69) is 69.4 Å². The fraction of sp³-hybridized carbons (Fsp3) is 0.556. The Morgan fingerprint density at radius 2 is 1.91 bits per heavy atom. The number of amides is 1. The van der Waals surface area contributed by atoms with Crippen molar-refractivity contribution in [3.8, 4) is 11.3 Å². The number of halogens is 1. The Morgan fingerprint density at radius 1 is 1.09 bits per heavy atom. The third-order valence-electron chi connectivity index (χ3n) is 10.1. The fourth-order valence-corrected chi connectivity index (χ4v) is 8.62. The molecule has 0 bridgehead atoms. The number of carbonyl (C=O) groups excluding carboxylic acids is 1. The number of nitrogens with one attached hydrogen (secondary N) is 1. The van der Waals surface area contributed by atoms with Crippen LogP contribution in [0.2, 0.25) is 0 Å². The lowest BCUT2D eigenvalue weighted by Crippen LogP contribution is -2.61. The molecule has 1 aliphatic heterocycles. The lowest BCUT2D eigenvalue weighted by Gasteiger charge is -2.59. The first-order chi connectivity index (χ1) is 16.4. The van der Waals surface area contributed by atoms with Gasteiger partial charge in [-0.05, 0) is 73.8 Å². The summed E-state index contributed by atoms with van der Waals surface area (Å²) >= 11 is 3.58. The third-order valence-corrected chi connectivity index (χ3v) is 10.6. The average molecular weight is 520 g/mol. The molecule has 2 saturated carbocycles. The van der Waals surface area contributed by atoms with Crippen molar-refractivity contribution in [2.45, 2.75) is 70.3 Å². The van der Waals surface area contributed by atoms with Gasteiger partial charge in [0.05, 0.1) is 11.4 Å². The minimum absolute atomic E-state index is 0.0649. The molecule has 2 aromatic heterocycles. The number of piperidine rings is 1. The van der Waals surface area contributed by atoms with Gasteiger partial charge in [0.25, 0.3) is 5.78 Å². The van der Waals surface area contributed by atoms with Crippen molar-refractivity contribution in [2.24, 2.45) is 23.2 Å². The molecular weight excluding hydrogens is 490 g/mol. The molecule has 1 amide bonds. The van der Waals surface area contributed by atoms with Crippen molar-refractivity contribution < 1.29 is 4.79 Å². The molecule has 1 aromatic carbocycles. The van der Waals surface area contributed by atoms with Gasteiger partial charge >= 0.3 is 0 Å². The van der Waals surface area contributed by atoms with E-state index in [9.17, 15) is 4.79 Å². The Bertz CT molecular complexity index is 1320. The van der Waals surface area contributed by atoms with E-state index in [4.69, 9.17) is 4.98 Å². The van der Waals surface area contributed by atoms with Gasteiger partial charge in [-0.3, -0.25) is 4.79 Å². The lowest BCUT2D eigenvalue weighted by molar-refractivity contribution is -0.134.